The molecule has 0 radical (unpaired) electrons. The van der Waals surface area contributed by atoms with Crippen LogP contribution in [0.5, 0.6) is 5.75 Å². The molecule has 1 fully saturated rings. The summed E-state index contributed by atoms with van der Waals surface area (Å²) in [6.07, 6.45) is 2.42. The van der Waals surface area contributed by atoms with Crippen LogP contribution in [0.1, 0.15) is 41.5 Å². The standard InChI is InChI=1S/C18H18ClNO/c19-12-4-1-3-11(9-12)17-15-5-2-8-20-18(15)14-7-6-13(21)10-16(14)17/h1,3-4,6-7,9-10,15,17-18,20-21H,2,5,8H2. The Kier molecular flexibility index (Phi) is 3.16. The molecule has 2 aromatic carbocycles. The van der Waals surface area contributed by atoms with Crippen LogP contribution in [0.2, 0.25) is 5.02 Å². The van der Waals surface area contributed by atoms with Crippen molar-refractivity contribution < 1.29 is 5.11 Å². The second-order valence-corrected chi connectivity index (χ2v) is 6.52. The molecule has 1 saturated heterocycles. The minimum Gasteiger partial charge on any atom is -0.508 e. The summed E-state index contributed by atoms with van der Waals surface area (Å²) in [4.78, 5) is 0. The summed E-state index contributed by atoms with van der Waals surface area (Å²) >= 11 is 6.19. The fourth-order valence-corrected chi connectivity index (χ4v) is 4.28. The van der Waals surface area contributed by atoms with Gasteiger partial charge < -0.3 is 10.4 Å². The van der Waals surface area contributed by atoms with Crippen LogP contribution in [0.25, 0.3) is 0 Å². The minimum absolute atomic E-state index is 0.323. The number of phenolic OH excluding ortho intramolecular Hbond substituents is 1. The predicted molar refractivity (Wildman–Crippen MR) is 84.9 cm³/mol. The van der Waals surface area contributed by atoms with Crippen LogP contribution in [0.3, 0.4) is 0 Å². The zero-order chi connectivity index (χ0) is 14.4. The number of hydrogen-bond acceptors (Lipinski definition) is 2. The van der Waals surface area contributed by atoms with Gasteiger partial charge in [-0.2, -0.15) is 0 Å². The smallest absolute Gasteiger partial charge is 0.115 e. The molecule has 0 amide bonds. The first kappa shape index (κ1) is 13.2. The summed E-state index contributed by atoms with van der Waals surface area (Å²) in [6, 6.07) is 14.4. The van der Waals surface area contributed by atoms with Crippen LogP contribution in [0.4, 0.5) is 0 Å². The lowest BCUT2D eigenvalue weighted by molar-refractivity contribution is 0.287. The van der Waals surface area contributed by atoms with E-state index < -0.39 is 0 Å². The molecule has 1 aliphatic carbocycles. The van der Waals surface area contributed by atoms with Crippen LogP contribution in [-0.4, -0.2) is 11.7 Å². The number of rotatable bonds is 1. The molecule has 0 aromatic heterocycles. The second kappa shape index (κ2) is 5.04. The van der Waals surface area contributed by atoms with E-state index >= 15 is 0 Å². The third-order valence-electron chi connectivity index (χ3n) is 4.88. The summed E-state index contributed by atoms with van der Waals surface area (Å²) in [5.74, 6) is 1.22. The zero-order valence-electron chi connectivity index (χ0n) is 11.7. The number of aromatic hydroxyl groups is 1. The lowest BCUT2D eigenvalue weighted by Crippen LogP contribution is -2.32. The van der Waals surface area contributed by atoms with E-state index in [2.05, 4.69) is 23.5 Å². The maximum atomic E-state index is 9.90. The Morgan fingerprint density at radius 2 is 2.00 bits per heavy atom. The van der Waals surface area contributed by atoms with Crippen molar-refractivity contribution in [1.82, 2.24) is 5.32 Å². The van der Waals surface area contributed by atoms with Gasteiger partial charge in [0.2, 0.25) is 0 Å². The normalized spacial score (nSPS) is 27.2. The molecule has 0 saturated carbocycles. The Hall–Kier alpha value is -1.51. The van der Waals surface area contributed by atoms with Crippen LogP contribution >= 0.6 is 11.6 Å². The van der Waals surface area contributed by atoms with Gasteiger partial charge in [0.05, 0.1) is 0 Å². The maximum absolute atomic E-state index is 9.90. The second-order valence-electron chi connectivity index (χ2n) is 6.08. The van der Waals surface area contributed by atoms with Crippen LogP contribution in [-0.2, 0) is 0 Å². The number of halogens is 1. The summed E-state index contributed by atoms with van der Waals surface area (Å²) in [7, 11) is 0. The van der Waals surface area contributed by atoms with Crippen molar-refractivity contribution in [2.75, 3.05) is 6.54 Å². The average Bonchev–Trinajstić information content (AvgIpc) is 2.80. The molecule has 1 aliphatic heterocycles. The molecule has 4 rings (SSSR count). The molecule has 3 atom stereocenters. The lowest BCUT2D eigenvalue weighted by Gasteiger charge is -2.31. The largest absolute Gasteiger partial charge is 0.508 e. The molecular formula is C18H18ClNO. The van der Waals surface area contributed by atoms with Gasteiger partial charge in [0.15, 0.2) is 0 Å². The molecule has 1 heterocycles. The van der Waals surface area contributed by atoms with Crippen molar-refractivity contribution in [3.8, 4) is 5.75 Å². The lowest BCUT2D eigenvalue weighted by atomic mass is 9.80. The number of hydrogen-bond donors (Lipinski definition) is 2. The van der Waals surface area contributed by atoms with Crippen molar-refractivity contribution >= 4 is 11.6 Å². The molecule has 0 bridgehead atoms. The van der Waals surface area contributed by atoms with Crippen LogP contribution in [0, 0.1) is 5.92 Å². The number of fused-ring (bicyclic) bond motifs is 3. The number of piperidine rings is 1. The third kappa shape index (κ3) is 2.14. The molecular weight excluding hydrogens is 282 g/mol. The van der Waals surface area contributed by atoms with E-state index in [1.807, 2.05) is 18.2 Å². The van der Waals surface area contributed by atoms with Gasteiger partial charge >= 0.3 is 0 Å². The van der Waals surface area contributed by atoms with E-state index in [9.17, 15) is 5.11 Å². The molecule has 3 heteroatoms. The van der Waals surface area contributed by atoms with E-state index in [0.717, 1.165) is 11.6 Å². The third-order valence-corrected chi connectivity index (χ3v) is 5.12. The van der Waals surface area contributed by atoms with Gasteiger partial charge in [0.1, 0.15) is 5.75 Å². The quantitative estimate of drug-likeness (QED) is 0.826. The zero-order valence-corrected chi connectivity index (χ0v) is 12.5. The highest BCUT2D eigenvalue weighted by Crippen LogP contribution is 2.52. The van der Waals surface area contributed by atoms with E-state index in [4.69, 9.17) is 11.6 Å². The highest BCUT2D eigenvalue weighted by molar-refractivity contribution is 6.30. The first-order valence-corrected chi connectivity index (χ1v) is 7.93. The first-order valence-electron chi connectivity index (χ1n) is 7.56. The Morgan fingerprint density at radius 1 is 1.10 bits per heavy atom. The molecule has 2 aliphatic rings. The molecule has 2 aromatic rings. The maximum Gasteiger partial charge on any atom is 0.115 e. The van der Waals surface area contributed by atoms with Gasteiger partial charge in [-0.3, -0.25) is 0 Å². The number of phenols is 1. The Bertz CT molecular complexity index is 685. The van der Waals surface area contributed by atoms with E-state index in [-0.39, 0.29) is 0 Å². The monoisotopic (exact) mass is 299 g/mol. The van der Waals surface area contributed by atoms with Crippen molar-refractivity contribution in [3.63, 3.8) is 0 Å². The Balaban J connectivity index is 1.87. The van der Waals surface area contributed by atoms with E-state index in [1.54, 1.807) is 6.07 Å². The van der Waals surface area contributed by atoms with Crippen LogP contribution < -0.4 is 5.32 Å². The summed E-state index contributed by atoms with van der Waals surface area (Å²) in [5.41, 5.74) is 3.84. The van der Waals surface area contributed by atoms with E-state index in [1.165, 1.54) is 29.5 Å². The topological polar surface area (TPSA) is 32.3 Å². The molecule has 21 heavy (non-hydrogen) atoms. The highest BCUT2D eigenvalue weighted by atomic mass is 35.5. The summed E-state index contributed by atoms with van der Waals surface area (Å²) in [5, 5.41) is 14.3. The van der Waals surface area contributed by atoms with Gasteiger partial charge in [-0.1, -0.05) is 29.8 Å². The highest BCUT2D eigenvalue weighted by Gasteiger charge is 2.42. The predicted octanol–water partition coefficient (Wildman–Crippen LogP) is 4.23. The van der Waals surface area contributed by atoms with Gasteiger partial charge in [0, 0.05) is 17.0 Å². The van der Waals surface area contributed by atoms with Gasteiger partial charge in [-0.15, -0.1) is 0 Å². The Morgan fingerprint density at radius 3 is 2.86 bits per heavy atom. The van der Waals surface area contributed by atoms with Crippen LogP contribution in [0.15, 0.2) is 42.5 Å². The fraction of sp³-hybridized carbons (Fsp3) is 0.333. The molecule has 108 valence electrons. The van der Waals surface area contributed by atoms with Gasteiger partial charge in [-0.05, 0) is 66.3 Å². The van der Waals surface area contributed by atoms with Crippen molar-refractivity contribution in [1.29, 1.82) is 0 Å². The van der Waals surface area contributed by atoms with Crippen molar-refractivity contribution in [2.24, 2.45) is 5.92 Å². The molecule has 3 unspecified atom stereocenters. The van der Waals surface area contributed by atoms with Gasteiger partial charge in [-0.25, -0.2) is 0 Å². The number of benzene rings is 2. The van der Waals surface area contributed by atoms with Crippen molar-refractivity contribution in [3.05, 3.63) is 64.2 Å². The van der Waals surface area contributed by atoms with Crippen molar-refractivity contribution in [2.45, 2.75) is 24.8 Å². The fourth-order valence-electron chi connectivity index (χ4n) is 4.09. The number of nitrogens with one attached hydrogen (secondary N) is 1. The molecule has 2 N–H and O–H groups in total. The SMILES string of the molecule is Oc1ccc2c(c1)C(c1cccc(Cl)c1)C1CCCNC21. The molecule has 2 nitrogen and oxygen atoms in total. The first-order chi connectivity index (χ1) is 10.2. The summed E-state index contributed by atoms with van der Waals surface area (Å²) < 4.78 is 0. The average molecular weight is 300 g/mol. The summed E-state index contributed by atoms with van der Waals surface area (Å²) in [6.45, 7) is 1.07. The van der Waals surface area contributed by atoms with Gasteiger partial charge in [0.25, 0.3) is 0 Å². The minimum atomic E-state index is 0.323. The van der Waals surface area contributed by atoms with E-state index in [0.29, 0.717) is 23.6 Å². The Labute approximate surface area is 129 Å². The molecule has 0 spiro atoms.